The Hall–Kier alpha value is -0.270. The van der Waals surface area contributed by atoms with Crippen LogP contribution in [0.4, 0.5) is 0 Å². The Balaban J connectivity index is 3.02. The first-order valence-corrected chi connectivity index (χ1v) is 8.27. The molecule has 0 radical (unpaired) electrons. The molecule has 0 amide bonds. The fourth-order valence-electron chi connectivity index (χ4n) is 1.48. The molecule has 0 saturated heterocycles. The minimum Gasteiger partial charge on any atom is -0.598 e. The van der Waals surface area contributed by atoms with Crippen molar-refractivity contribution in [3.05, 3.63) is 33.3 Å². The molecule has 0 saturated carbocycles. The van der Waals surface area contributed by atoms with Crippen molar-refractivity contribution in [2.75, 3.05) is 0 Å². The Morgan fingerprint density at radius 3 is 2.55 bits per heavy atom. The maximum atomic E-state index is 12.2. The maximum Gasteiger partial charge on any atom is 0.305 e. The van der Waals surface area contributed by atoms with Gasteiger partial charge in [-0.25, -0.2) is 0 Å². The van der Waals surface area contributed by atoms with Crippen molar-refractivity contribution in [1.82, 2.24) is 4.72 Å². The Morgan fingerprint density at radius 2 is 2.10 bits per heavy atom. The molecule has 0 bridgehead atoms. The summed E-state index contributed by atoms with van der Waals surface area (Å²) in [6.45, 7) is 5.46. The summed E-state index contributed by atoms with van der Waals surface area (Å²) < 4.78 is 15.3. The Bertz CT molecular complexity index is 473. The number of benzene rings is 1. The third kappa shape index (κ3) is 5.61. The molecule has 1 rings (SSSR count). The minimum absolute atomic E-state index is 0.172. The van der Waals surface area contributed by atoms with Gasteiger partial charge in [-0.05, 0) is 44.5 Å². The van der Waals surface area contributed by atoms with Crippen LogP contribution >= 0.6 is 27.5 Å². The van der Waals surface area contributed by atoms with Gasteiger partial charge in [-0.1, -0.05) is 27.5 Å². The predicted molar refractivity (Wildman–Crippen MR) is 85.2 cm³/mol. The number of aliphatic carboxylic acids is 1. The van der Waals surface area contributed by atoms with Crippen LogP contribution in [0.25, 0.3) is 0 Å². The quantitative estimate of drug-likeness (QED) is 0.762. The van der Waals surface area contributed by atoms with Gasteiger partial charge >= 0.3 is 5.97 Å². The molecule has 0 fully saturated rings. The number of rotatable bonds is 5. The van der Waals surface area contributed by atoms with Crippen LogP contribution in [0, 0.1) is 0 Å². The van der Waals surface area contributed by atoms with Crippen molar-refractivity contribution in [2.45, 2.75) is 38.0 Å². The van der Waals surface area contributed by atoms with E-state index in [-0.39, 0.29) is 6.42 Å². The molecular formula is C13H17BrClNO3S. The smallest absolute Gasteiger partial charge is 0.305 e. The highest BCUT2D eigenvalue weighted by atomic mass is 79.9. The molecule has 0 spiro atoms. The largest absolute Gasteiger partial charge is 0.598 e. The fraction of sp³-hybridized carbons (Fsp3) is 0.462. The van der Waals surface area contributed by atoms with Crippen molar-refractivity contribution in [1.29, 1.82) is 0 Å². The molecule has 1 aromatic carbocycles. The van der Waals surface area contributed by atoms with E-state index >= 15 is 0 Å². The summed E-state index contributed by atoms with van der Waals surface area (Å²) in [5, 5.41) is 9.51. The van der Waals surface area contributed by atoms with Gasteiger partial charge in [0.05, 0.1) is 12.5 Å². The van der Waals surface area contributed by atoms with Gasteiger partial charge in [-0.3, -0.25) is 4.79 Å². The van der Waals surface area contributed by atoms with Crippen LogP contribution in [0.2, 0.25) is 5.02 Å². The van der Waals surface area contributed by atoms with E-state index < -0.39 is 28.1 Å². The zero-order valence-corrected chi connectivity index (χ0v) is 14.6. The summed E-state index contributed by atoms with van der Waals surface area (Å²) >= 11 is 7.92. The lowest BCUT2D eigenvalue weighted by molar-refractivity contribution is -0.137. The lowest BCUT2D eigenvalue weighted by Crippen LogP contribution is -2.41. The maximum absolute atomic E-state index is 12.2. The van der Waals surface area contributed by atoms with Crippen LogP contribution < -0.4 is 4.72 Å². The summed E-state index contributed by atoms with van der Waals surface area (Å²) in [5.74, 6) is -0.968. The van der Waals surface area contributed by atoms with Crippen LogP contribution in [0.5, 0.6) is 0 Å². The molecule has 20 heavy (non-hydrogen) atoms. The molecule has 7 heteroatoms. The molecule has 0 heterocycles. The van der Waals surface area contributed by atoms with Crippen molar-refractivity contribution >= 4 is 44.9 Å². The number of halogens is 2. The predicted octanol–water partition coefficient (Wildman–Crippen LogP) is 3.67. The van der Waals surface area contributed by atoms with Gasteiger partial charge in [0.15, 0.2) is 0 Å². The van der Waals surface area contributed by atoms with Gasteiger partial charge in [0.25, 0.3) is 0 Å². The van der Waals surface area contributed by atoms with E-state index in [1.807, 2.05) is 20.8 Å². The van der Waals surface area contributed by atoms with Gasteiger partial charge in [-0.15, -0.1) is 4.72 Å². The molecule has 2 N–H and O–H groups in total. The molecule has 0 aliphatic rings. The molecule has 112 valence electrons. The number of carboxylic acid groups (broad SMARTS) is 1. The summed E-state index contributed by atoms with van der Waals surface area (Å²) in [6, 6.07) is 4.59. The SMILES string of the molecule is CC(C)(C)[S@@+]([O-])NC(CC(=O)O)c1cc(Cl)cc(Br)c1. The molecule has 0 aliphatic heterocycles. The molecular weight excluding hydrogens is 366 g/mol. The van der Waals surface area contributed by atoms with Crippen molar-refractivity contribution in [3.63, 3.8) is 0 Å². The third-order valence-corrected chi connectivity index (χ3v) is 4.76. The normalized spacial score (nSPS) is 14.9. The number of carbonyl (C=O) groups is 1. The van der Waals surface area contributed by atoms with Crippen LogP contribution in [0.1, 0.15) is 38.8 Å². The van der Waals surface area contributed by atoms with Crippen LogP contribution in [-0.2, 0) is 16.2 Å². The highest BCUT2D eigenvalue weighted by Crippen LogP contribution is 2.27. The average Bonchev–Trinajstić information content (AvgIpc) is 2.24. The minimum atomic E-state index is -1.37. The monoisotopic (exact) mass is 381 g/mol. The average molecular weight is 383 g/mol. The number of hydrogen-bond acceptors (Lipinski definition) is 3. The van der Waals surface area contributed by atoms with E-state index in [0.717, 1.165) is 4.47 Å². The van der Waals surface area contributed by atoms with Crippen molar-refractivity contribution in [3.8, 4) is 0 Å². The second kappa shape index (κ2) is 7.13. The zero-order valence-electron chi connectivity index (χ0n) is 11.4. The Morgan fingerprint density at radius 1 is 1.50 bits per heavy atom. The van der Waals surface area contributed by atoms with E-state index in [0.29, 0.717) is 10.6 Å². The van der Waals surface area contributed by atoms with E-state index in [2.05, 4.69) is 20.7 Å². The van der Waals surface area contributed by atoms with Gasteiger partial charge in [0, 0.05) is 20.9 Å². The number of hydrogen-bond donors (Lipinski definition) is 2. The summed E-state index contributed by atoms with van der Waals surface area (Å²) in [7, 11) is 0. The molecule has 4 nitrogen and oxygen atoms in total. The summed E-state index contributed by atoms with van der Waals surface area (Å²) in [6.07, 6.45) is -0.172. The lowest BCUT2D eigenvalue weighted by atomic mass is 10.1. The van der Waals surface area contributed by atoms with Crippen LogP contribution in [-0.4, -0.2) is 20.4 Å². The van der Waals surface area contributed by atoms with E-state index in [4.69, 9.17) is 16.7 Å². The number of nitrogens with one attached hydrogen (secondary N) is 1. The first kappa shape index (κ1) is 17.8. The van der Waals surface area contributed by atoms with E-state index in [1.165, 1.54) is 0 Å². The van der Waals surface area contributed by atoms with Crippen LogP contribution in [0.15, 0.2) is 22.7 Å². The first-order chi connectivity index (χ1) is 9.09. The zero-order chi connectivity index (χ0) is 15.5. The van der Waals surface area contributed by atoms with Gasteiger partial charge in [0.2, 0.25) is 0 Å². The lowest BCUT2D eigenvalue weighted by Gasteiger charge is -2.27. The topological polar surface area (TPSA) is 72.4 Å². The Kier molecular flexibility index (Phi) is 6.34. The van der Waals surface area contributed by atoms with E-state index in [9.17, 15) is 9.35 Å². The molecule has 1 unspecified atom stereocenters. The summed E-state index contributed by atoms with van der Waals surface area (Å²) in [4.78, 5) is 11.0. The summed E-state index contributed by atoms with van der Waals surface area (Å²) in [5.41, 5.74) is 0.685. The third-order valence-electron chi connectivity index (χ3n) is 2.47. The fourth-order valence-corrected chi connectivity index (χ4v) is 3.20. The van der Waals surface area contributed by atoms with Gasteiger partial charge in [-0.2, -0.15) is 0 Å². The van der Waals surface area contributed by atoms with E-state index in [1.54, 1.807) is 18.2 Å². The van der Waals surface area contributed by atoms with Gasteiger partial charge in [0.1, 0.15) is 4.75 Å². The first-order valence-electron chi connectivity index (χ1n) is 5.95. The van der Waals surface area contributed by atoms with Crippen molar-refractivity contribution < 1.29 is 14.5 Å². The van der Waals surface area contributed by atoms with Crippen molar-refractivity contribution in [2.24, 2.45) is 0 Å². The Labute approximate surface area is 135 Å². The highest BCUT2D eigenvalue weighted by Gasteiger charge is 2.31. The second-order valence-electron chi connectivity index (χ2n) is 5.35. The molecule has 1 aromatic rings. The van der Waals surface area contributed by atoms with Gasteiger partial charge < -0.3 is 9.66 Å². The standard InChI is InChI=1S/C13H17BrClNO3S/c1-13(2,3)20(19)16-11(7-12(17)18)8-4-9(14)6-10(15)5-8/h4-6,11,16H,7H2,1-3H3,(H,17,18)/t11?,20-/m1/s1. The number of carboxylic acids is 1. The van der Waals surface area contributed by atoms with Crippen LogP contribution in [0.3, 0.4) is 0 Å². The highest BCUT2D eigenvalue weighted by molar-refractivity contribution is 9.10. The molecule has 2 atom stereocenters. The molecule has 0 aliphatic carbocycles. The second-order valence-corrected chi connectivity index (χ2v) is 8.70. The molecule has 0 aromatic heterocycles.